The zero-order valence-electron chi connectivity index (χ0n) is 26.7. The van der Waals surface area contributed by atoms with E-state index in [4.69, 9.17) is 9.72 Å². The molecule has 0 radical (unpaired) electrons. The molecule has 0 bridgehead atoms. The Morgan fingerprint density at radius 3 is 2.61 bits per heavy atom. The van der Waals surface area contributed by atoms with E-state index < -0.39 is 0 Å². The third kappa shape index (κ3) is 7.07. The highest BCUT2D eigenvalue weighted by Gasteiger charge is 2.42. The fraction of sp³-hybridized carbons (Fsp3) is 0.472. The number of fused-ring (bicyclic) bond motifs is 2. The number of amides is 1. The highest BCUT2D eigenvalue weighted by Crippen LogP contribution is 2.50. The molecule has 232 valence electrons. The summed E-state index contributed by atoms with van der Waals surface area (Å²) < 4.78 is 7.45. The number of carbonyl (C=O) groups is 1. The molecule has 3 aromatic rings. The van der Waals surface area contributed by atoms with Gasteiger partial charge in [-0.1, -0.05) is 43.3 Å². The number of nitrogens with one attached hydrogen (secondary N) is 2. The Kier molecular flexibility index (Phi) is 8.38. The van der Waals surface area contributed by atoms with Crippen molar-refractivity contribution in [3.63, 3.8) is 0 Å². The number of imidazole rings is 1. The van der Waals surface area contributed by atoms with Crippen LogP contribution in [0, 0.1) is 12.3 Å². The molecular weight excluding hydrogens is 548 g/mol. The number of aromatic nitrogens is 3. The molecule has 2 saturated carbocycles. The summed E-state index contributed by atoms with van der Waals surface area (Å²) in [6, 6.07) is 10.9. The number of rotatable bonds is 7. The lowest BCUT2D eigenvalue weighted by molar-refractivity contribution is 0.0555. The number of nitrogens with zero attached hydrogens (tertiary/aromatic N) is 4. The molecule has 1 atom stereocenters. The summed E-state index contributed by atoms with van der Waals surface area (Å²) in [6.07, 6.45) is 14.4. The third-order valence-electron chi connectivity index (χ3n) is 9.39. The van der Waals surface area contributed by atoms with E-state index in [-0.39, 0.29) is 17.7 Å². The van der Waals surface area contributed by atoms with E-state index in [1.54, 1.807) is 4.90 Å². The summed E-state index contributed by atoms with van der Waals surface area (Å²) >= 11 is 0. The molecule has 8 nitrogen and oxygen atoms in total. The van der Waals surface area contributed by atoms with E-state index in [9.17, 15) is 4.79 Å². The van der Waals surface area contributed by atoms with Crippen LogP contribution in [0.15, 0.2) is 61.3 Å². The van der Waals surface area contributed by atoms with Crippen molar-refractivity contribution in [3.8, 4) is 0 Å². The van der Waals surface area contributed by atoms with Crippen molar-refractivity contribution in [2.75, 3.05) is 26.2 Å². The summed E-state index contributed by atoms with van der Waals surface area (Å²) in [7, 11) is 2.06. The van der Waals surface area contributed by atoms with Crippen molar-refractivity contribution in [1.29, 1.82) is 0 Å². The number of ether oxygens (including phenoxy) is 1. The molecule has 1 aromatic carbocycles. The van der Waals surface area contributed by atoms with Crippen LogP contribution in [0.4, 0.5) is 4.79 Å². The fourth-order valence-corrected chi connectivity index (χ4v) is 6.03. The Labute approximate surface area is 261 Å². The third-order valence-corrected chi connectivity index (χ3v) is 9.39. The van der Waals surface area contributed by atoms with Crippen molar-refractivity contribution >= 4 is 17.7 Å². The number of hydrogen-bond acceptors (Lipinski definition) is 6. The van der Waals surface area contributed by atoms with E-state index in [0.29, 0.717) is 5.41 Å². The number of piperazine rings is 1. The zero-order chi connectivity index (χ0) is 30.9. The Hall–Kier alpha value is -3.91. The van der Waals surface area contributed by atoms with E-state index in [1.807, 2.05) is 31.7 Å². The minimum absolute atomic E-state index is 0.0333. The fourth-order valence-electron chi connectivity index (χ4n) is 6.03. The molecule has 44 heavy (non-hydrogen) atoms. The Morgan fingerprint density at radius 1 is 1.16 bits per heavy atom. The van der Waals surface area contributed by atoms with Crippen LogP contribution < -0.4 is 10.6 Å². The maximum absolute atomic E-state index is 11.5. The van der Waals surface area contributed by atoms with Crippen molar-refractivity contribution in [1.82, 2.24) is 30.1 Å². The van der Waals surface area contributed by atoms with Gasteiger partial charge in [0.2, 0.25) is 0 Å². The lowest BCUT2D eigenvalue weighted by Gasteiger charge is -2.27. The van der Waals surface area contributed by atoms with Gasteiger partial charge in [0.1, 0.15) is 5.60 Å². The van der Waals surface area contributed by atoms with Crippen LogP contribution in [0.25, 0.3) is 11.6 Å². The van der Waals surface area contributed by atoms with Crippen molar-refractivity contribution in [2.24, 2.45) is 12.5 Å². The van der Waals surface area contributed by atoms with Gasteiger partial charge < -0.3 is 24.8 Å². The number of benzene rings is 1. The highest BCUT2D eigenvalue weighted by molar-refractivity contribution is 5.88. The number of pyridine rings is 1. The normalized spacial score (nSPS) is 19.5. The maximum atomic E-state index is 11.5. The molecule has 3 heterocycles. The Morgan fingerprint density at radius 2 is 1.93 bits per heavy atom. The maximum Gasteiger partial charge on any atom is 0.410 e. The first-order valence-electron chi connectivity index (χ1n) is 16.0. The van der Waals surface area contributed by atoms with Gasteiger partial charge in [-0.2, -0.15) is 0 Å². The summed E-state index contributed by atoms with van der Waals surface area (Å²) in [5.41, 5.74) is 9.89. The van der Waals surface area contributed by atoms with Crippen LogP contribution in [0.1, 0.15) is 85.6 Å². The van der Waals surface area contributed by atoms with Gasteiger partial charge in [0.15, 0.2) is 0 Å². The van der Waals surface area contributed by atoms with Gasteiger partial charge in [-0.05, 0) is 85.8 Å². The smallest absolute Gasteiger partial charge is 0.410 e. The first-order valence-corrected chi connectivity index (χ1v) is 16.0. The Balaban J connectivity index is 0.000000220. The summed E-state index contributed by atoms with van der Waals surface area (Å²) in [4.78, 5) is 22.4. The van der Waals surface area contributed by atoms with Gasteiger partial charge in [0.05, 0.1) is 30.0 Å². The molecule has 0 spiro atoms. The van der Waals surface area contributed by atoms with Gasteiger partial charge in [0.25, 0.3) is 0 Å². The molecule has 1 saturated heterocycles. The molecule has 3 fully saturated rings. The minimum atomic E-state index is -0.137. The van der Waals surface area contributed by atoms with Crippen molar-refractivity contribution in [2.45, 2.75) is 70.9 Å². The largest absolute Gasteiger partial charge is 0.443 e. The molecule has 3 aliphatic carbocycles. The van der Waals surface area contributed by atoms with Gasteiger partial charge in [-0.15, -0.1) is 0 Å². The number of carbonyl (C=O) groups excluding carboxylic acids is 1. The van der Waals surface area contributed by atoms with E-state index in [2.05, 4.69) is 78.0 Å². The average Bonchev–Trinajstić information content (AvgIpc) is 3.89. The first-order chi connectivity index (χ1) is 21.1. The predicted molar refractivity (Wildman–Crippen MR) is 175 cm³/mol. The van der Waals surface area contributed by atoms with Crippen LogP contribution in [0.3, 0.4) is 0 Å². The number of hydrogen-bond donors (Lipinski definition) is 2. The van der Waals surface area contributed by atoms with Crippen molar-refractivity contribution in [3.05, 3.63) is 95.0 Å². The molecule has 1 aliphatic heterocycles. The molecule has 2 N–H and O–H groups in total. The monoisotopic (exact) mass is 594 g/mol. The van der Waals surface area contributed by atoms with Crippen LogP contribution in [-0.4, -0.2) is 57.3 Å². The van der Waals surface area contributed by atoms with Crippen LogP contribution in [-0.2, 0) is 18.2 Å². The first kappa shape index (κ1) is 30.1. The lowest BCUT2D eigenvalue weighted by atomic mass is 9.90. The molecule has 8 heteroatoms. The zero-order valence-corrected chi connectivity index (χ0v) is 26.7. The van der Waals surface area contributed by atoms with Gasteiger partial charge in [0, 0.05) is 51.5 Å². The number of aryl methyl sites for hydroxylation is 2. The molecule has 1 amide bonds. The summed E-state index contributed by atoms with van der Waals surface area (Å²) in [6.45, 7) is 14.2. The van der Waals surface area contributed by atoms with Crippen LogP contribution >= 0.6 is 0 Å². The molecule has 4 aliphatic rings. The number of allylic oxidation sites excluding steroid dienone is 1. The second kappa shape index (κ2) is 12.2. The van der Waals surface area contributed by atoms with Gasteiger partial charge in [-0.3, -0.25) is 4.98 Å². The standard InChI is InChI=1S/C27H30N4.C9H16N2O2/c1-18-7-8-20-14-24-21(6-5-11-29-24)13-23(22(20)12-18)26(25-16-28-17-31(25)4)30-19(2)15-27(3)9-10-27;1-9(2-3-9)13-8(12)11-6-4-10-5-7-11/h5-8,11-13,16-17,26,30H,2,9-10,14-15H2,1,3-4H3;10H,2-7H2,1H3. The summed E-state index contributed by atoms with van der Waals surface area (Å²) in [5, 5.41) is 7.00. The topological polar surface area (TPSA) is 84.3 Å². The average molecular weight is 595 g/mol. The predicted octanol–water partition coefficient (Wildman–Crippen LogP) is 6.18. The minimum Gasteiger partial charge on any atom is -0.443 e. The van der Waals surface area contributed by atoms with Gasteiger partial charge >= 0.3 is 6.09 Å². The molecule has 7 rings (SSSR count). The second-order valence-corrected chi connectivity index (χ2v) is 13.6. The van der Waals surface area contributed by atoms with Crippen molar-refractivity contribution < 1.29 is 9.53 Å². The molecule has 1 unspecified atom stereocenters. The van der Waals surface area contributed by atoms with E-state index in [0.717, 1.165) is 68.9 Å². The van der Waals surface area contributed by atoms with E-state index in [1.165, 1.54) is 40.7 Å². The van der Waals surface area contributed by atoms with E-state index >= 15 is 0 Å². The van der Waals surface area contributed by atoms with Crippen LogP contribution in [0.5, 0.6) is 0 Å². The quantitative estimate of drug-likeness (QED) is 0.340. The molecular formula is C36H46N6O2. The lowest BCUT2D eigenvalue weighted by Crippen LogP contribution is -2.47. The van der Waals surface area contributed by atoms with Gasteiger partial charge in [-0.25, -0.2) is 9.78 Å². The molecule has 2 aromatic heterocycles. The highest BCUT2D eigenvalue weighted by atomic mass is 16.6. The Bertz CT molecular complexity index is 1560. The van der Waals surface area contributed by atoms with Crippen LogP contribution in [0.2, 0.25) is 0 Å². The second-order valence-electron chi connectivity index (χ2n) is 13.6. The summed E-state index contributed by atoms with van der Waals surface area (Å²) in [5.74, 6) is 0. The SMILES string of the molecule is C=C(CC1(C)CC1)NC(C1=Cc2cccnc2Cc2ccc(C)cc21)c1cncn1C.CC1(OC(=O)N2CCNCC2)CC1.